The lowest BCUT2D eigenvalue weighted by Gasteiger charge is -2.20. The molecule has 0 aromatic heterocycles. The highest BCUT2D eigenvalue weighted by Crippen LogP contribution is 2.43. The van der Waals surface area contributed by atoms with E-state index in [2.05, 4.69) is 62.5 Å². The summed E-state index contributed by atoms with van der Waals surface area (Å²) >= 11 is 0. The molecule has 0 amide bonds. The summed E-state index contributed by atoms with van der Waals surface area (Å²) in [5.74, 6) is -1.78. The minimum atomic E-state index is -4.63. The molecule has 10 nitrogen and oxygen atoms in total. The number of phosphoric acid groups is 1. The number of phosphoric ester groups is 1. The third kappa shape index (κ3) is 47.7. The van der Waals surface area contributed by atoms with Crippen LogP contribution in [0.5, 0.6) is 0 Å². The molecule has 0 radical (unpaired) electrons. The second-order valence-corrected chi connectivity index (χ2v) is 18.7. The van der Waals surface area contributed by atoms with Gasteiger partial charge in [0.2, 0.25) is 0 Å². The first-order valence-electron chi connectivity index (χ1n) is 25.7. The third-order valence-corrected chi connectivity index (χ3v) is 12.0. The van der Waals surface area contributed by atoms with Crippen molar-refractivity contribution in [3.05, 3.63) is 48.6 Å². The molecule has 368 valence electrons. The number of nitrogens with two attached hydrogens (primary N) is 1. The van der Waals surface area contributed by atoms with Gasteiger partial charge < -0.3 is 25.2 Å². The topological polar surface area (TPSA) is 155 Å². The molecule has 3 unspecified atom stereocenters. The van der Waals surface area contributed by atoms with E-state index in [9.17, 15) is 19.0 Å². The van der Waals surface area contributed by atoms with Crippen molar-refractivity contribution >= 4 is 19.8 Å². The number of hydrogen-bond acceptors (Lipinski definition) is 8. The van der Waals surface area contributed by atoms with E-state index in [0.29, 0.717) is 13.0 Å². The summed E-state index contributed by atoms with van der Waals surface area (Å²) < 4.78 is 33.5. The van der Waals surface area contributed by atoms with Crippen LogP contribution in [0.15, 0.2) is 48.6 Å². The molecule has 0 aromatic carbocycles. The highest BCUT2D eigenvalue weighted by Gasteiger charge is 2.27. The van der Waals surface area contributed by atoms with E-state index in [0.717, 1.165) is 57.8 Å². The summed E-state index contributed by atoms with van der Waals surface area (Å²) in [6.45, 7) is 3.87. The Kier molecular flexibility index (Phi) is 46.3. The van der Waals surface area contributed by atoms with Crippen molar-refractivity contribution in [1.29, 1.82) is 0 Å². The molecule has 0 fully saturated rings. The number of carboxylic acid groups (broad SMARTS) is 1. The van der Waals surface area contributed by atoms with E-state index in [1.165, 1.54) is 148 Å². The largest absolute Gasteiger partial charge is 0.480 e. The van der Waals surface area contributed by atoms with Crippen LogP contribution in [0.2, 0.25) is 0 Å². The van der Waals surface area contributed by atoms with Gasteiger partial charge in [-0.25, -0.2) is 4.57 Å². The number of unbranched alkanes of at least 4 members (excludes halogenated alkanes) is 27. The quantitative estimate of drug-likeness (QED) is 0.0232. The zero-order valence-electron chi connectivity index (χ0n) is 40.4. The molecule has 63 heavy (non-hydrogen) atoms. The average Bonchev–Trinajstić information content (AvgIpc) is 3.26. The van der Waals surface area contributed by atoms with Gasteiger partial charge in [0.15, 0.2) is 0 Å². The van der Waals surface area contributed by atoms with Gasteiger partial charge >= 0.3 is 19.8 Å². The van der Waals surface area contributed by atoms with Gasteiger partial charge in [0, 0.05) is 13.0 Å². The standard InChI is InChI=1S/C52H96NO9P/c1-3-5-7-9-11-13-15-17-19-21-23-24-25-27-29-31-33-35-37-39-41-43-45-59-46-49(47-60-63(57,58)61-48-50(53)52(55)56)62-51(54)44-42-40-38-36-34-32-30-28-26-22-20-18-16-14-12-10-8-6-4-2/h15,17-18,20-21,23,25,27,49-50H,3-14,16,19,22,24,26,28-48,53H2,1-2H3,(H,55,56)(H,57,58)/b17-15-,20-18-,23-21-,27-25-. The van der Waals surface area contributed by atoms with Crippen molar-refractivity contribution in [2.75, 3.05) is 26.4 Å². The monoisotopic (exact) mass is 910 g/mol. The number of hydrogen-bond donors (Lipinski definition) is 3. The molecule has 0 aromatic rings. The van der Waals surface area contributed by atoms with Crippen molar-refractivity contribution in [3.63, 3.8) is 0 Å². The maximum absolute atomic E-state index is 12.7. The minimum absolute atomic E-state index is 0.00940. The van der Waals surface area contributed by atoms with E-state index in [4.69, 9.17) is 29.4 Å². The lowest BCUT2D eigenvalue weighted by Crippen LogP contribution is -2.34. The normalized spacial score (nSPS) is 14.1. The number of aliphatic carboxylic acids is 1. The van der Waals surface area contributed by atoms with Gasteiger partial charge in [-0.05, 0) is 77.0 Å². The molecule has 3 atom stereocenters. The molecule has 0 aliphatic rings. The number of carbonyl (C=O) groups excluding carboxylic acids is 1. The molecule has 0 saturated heterocycles. The van der Waals surface area contributed by atoms with Gasteiger partial charge in [0.05, 0.1) is 19.8 Å². The molecular weight excluding hydrogens is 814 g/mol. The molecule has 0 rings (SSSR count). The SMILES string of the molecule is CCCCCCC/C=C\C/C=C\C/C=C\CCCCCCCCCOCC(COP(=O)(O)OCC(N)C(=O)O)OC(=O)CCCCCCCCCCC/C=C\CCCCCCCC. The summed E-state index contributed by atoms with van der Waals surface area (Å²) in [5.41, 5.74) is 5.37. The molecule has 11 heteroatoms. The molecule has 4 N–H and O–H groups in total. The highest BCUT2D eigenvalue weighted by atomic mass is 31.2. The smallest absolute Gasteiger partial charge is 0.472 e. The van der Waals surface area contributed by atoms with E-state index < -0.39 is 45.1 Å². The van der Waals surface area contributed by atoms with Crippen LogP contribution < -0.4 is 5.73 Å². The number of carbonyl (C=O) groups is 2. The predicted molar refractivity (Wildman–Crippen MR) is 263 cm³/mol. The molecule has 0 saturated carbocycles. The molecule has 0 aliphatic carbocycles. The second kappa shape index (κ2) is 47.9. The average molecular weight is 910 g/mol. The van der Waals surface area contributed by atoms with E-state index in [1.807, 2.05) is 0 Å². The second-order valence-electron chi connectivity index (χ2n) is 17.3. The van der Waals surface area contributed by atoms with E-state index >= 15 is 0 Å². The Morgan fingerprint density at radius 1 is 0.508 bits per heavy atom. The van der Waals surface area contributed by atoms with E-state index in [1.54, 1.807) is 0 Å². The zero-order valence-corrected chi connectivity index (χ0v) is 41.3. The number of esters is 1. The minimum Gasteiger partial charge on any atom is -0.480 e. The van der Waals surface area contributed by atoms with Crippen molar-refractivity contribution in [3.8, 4) is 0 Å². The van der Waals surface area contributed by atoms with Crippen LogP contribution in [-0.2, 0) is 32.7 Å². The molecule has 0 spiro atoms. The highest BCUT2D eigenvalue weighted by molar-refractivity contribution is 7.47. The van der Waals surface area contributed by atoms with Crippen LogP contribution in [0.25, 0.3) is 0 Å². The maximum Gasteiger partial charge on any atom is 0.472 e. The number of ether oxygens (including phenoxy) is 2. The first kappa shape index (κ1) is 60.9. The summed E-state index contributed by atoms with van der Waals surface area (Å²) in [5, 5.41) is 8.93. The van der Waals surface area contributed by atoms with Gasteiger partial charge in [-0.1, -0.05) is 197 Å². The van der Waals surface area contributed by atoms with Crippen LogP contribution >= 0.6 is 7.82 Å². The van der Waals surface area contributed by atoms with Crippen molar-refractivity contribution in [2.24, 2.45) is 5.73 Å². The lowest BCUT2D eigenvalue weighted by atomic mass is 10.1. The van der Waals surface area contributed by atoms with Crippen LogP contribution in [-0.4, -0.2) is 60.5 Å². The van der Waals surface area contributed by atoms with Crippen LogP contribution in [0.3, 0.4) is 0 Å². The number of rotatable bonds is 49. The summed E-state index contributed by atoms with van der Waals surface area (Å²) in [6.07, 6.45) is 57.3. The molecule has 0 aliphatic heterocycles. The first-order chi connectivity index (χ1) is 30.7. The van der Waals surface area contributed by atoms with Gasteiger partial charge in [-0.3, -0.25) is 18.6 Å². The Bertz CT molecular complexity index is 1190. The van der Waals surface area contributed by atoms with Crippen molar-refractivity contribution in [1.82, 2.24) is 0 Å². The summed E-state index contributed by atoms with van der Waals surface area (Å²) in [4.78, 5) is 33.7. The number of carboxylic acids is 1. The Morgan fingerprint density at radius 3 is 1.32 bits per heavy atom. The van der Waals surface area contributed by atoms with Gasteiger partial charge in [-0.15, -0.1) is 0 Å². The Balaban J connectivity index is 4.17. The Hall–Kier alpha value is -2.07. The maximum atomic E-state index is 12.7. The Morgan fingerprint density at radius 2 is 0.873 bits per heavy atom. The zero-order chi connectivity index (χ0) is 46.2. The van der Waals surface area contributed by atoms with Crippen LogP contribution in [0.4, 0.5) is 0 Å². The van der Waals surface area contributed by atoms with E-state index in [-0.39, 0.29) is 13.0 Å². The fraction of sp³-hybridized carbons (Fsp3) is 0.808. The summed E-state index contributed by atoms with van der Waals surface area (Å²) in [6, 6.07) is -1.48. The fourth-order valence-electron chi connectivity index (χ4n) is 7.08. The Labute approximate surface area is 386 Å². The van der Waals surface area contributed by atoms with Gasteiger partial charge in [-0.2, -0.15) is 0 Å². The predicted octanol–water partition coefficient (Wildman–Crippen LogP) is 15.0. The molecule has 0 bridgehead atoms. The van der Waals surface area contributed by atoms with Crippen molar-refractivity contribution < 1.29 is 42.7 Å². The van der Waals surface area contributed by atoms with Crippen molar-refractivity contribution in [2.45, 2.75) is 244 Å². The van der Waals surface area contributed by atoms with Crippen LogP contribution in [0.1, 0.15) is 232 Å². The fourth-order valence-corrected chi connectivity index (χ4v) is 7.86. The van der Waals surface area contributed by atoms with Gasteiger partial charge in [0.1, 0.15) is 12.1 Å². The third-order valence-electron chi connectivity index (χ3n) is 11.1. The van der Waals surface area contributed by atoms with Crippen LogP contribution in [0, 0.1) is 0 Å². The number of allylic oxidation sites excluding steroid dienone is 8. The molecular formula is C52H96NO9P. The van der Waals surface area contributed by atoms with Gasteiger partial charge in [0.25, 0.3) is 0 Å². The lowest BCUT2D eigenvalue weighted by molar-refractivity contribution is -0.154. The molecule has 0 heterocycles. The first-order valence-corrected chi connectivity index (χ1v) is 27.2. The summed E-state index contributed by atoms with van der Waals surface area (Å²) in [7, 11) is -4.63.